The van der Waals surface area contributed by atoms with Crippen LogP contribution in [0.15, 0.2) is 35.8 Å². The van der Waals surface area contributed by atoms with Crippen molar-refractivity contribution in [1.82, 2.24) is 4.98 Å². The molecule has 2 heterocycles. The average Bonchev–Trinajstić information content (AvgIpc) is 3.34. The number of hydrogen-bond acceptors (Lipinski definition) is 7. The molecule has 0 saturated heterocycles. The van der Waals surface area contributed by atoms with E-state index in [0.717, 1.165) is 28.1 Å². The zero-order valence-corrected chi connectivity index (χ0v) is 20.6. The van der Waals surface area contributed by atoms with Crippen LogP contribution in [-0.4, -0.2) is 17.6 Å². The zero-order chi connectivity index (χ0) is 23.3. The number of carbonyl (C=O) groups is 1. The van der Waals surface area contributed by atoms with Crippen molar-refractivity contribution < 1.29 is 9.53 Å². The number of esters is 1. The van der Waals surface area contributed by atoms with Crippen LogP contribution in [0, 0.1) is 31.1 Å². The summed E-state index contributed by atoms with van der Waals surface area (Å²) in [6.07, 6.45) is 2.66. The topological polar surface area (TPSA) is 75.0 Å². The SMILES string of the molecule is CCOC(=O)c1c(N/C=C(/C#N)c2nc(-c3ccc(CC(C)C)cc3)cs2)sc(C)c1C. The van der Waals surface area contributed by atoms with Crippen LogP contribution in [0.5, 0.6) is 0 Å². The Bertz CT molecular complexity index is 1170. The summed E-state index contributed by atoms with van der Waals surface area (Å²) in [5, 5.41) is 16.1. The molecule has 7 heteroatoms. The van der Waals surface area contributed by atoms with Crippen LogP contribution >= 0.6 is 22.7 Å². The van der Waals surface area contributed by atoms with E-state index in [1.165, 1.54) is 28.2 Å². The van der Waals surface area contributed by atoms with E-state index in [9.17, 15) is 10.1 Å². The van der Waals surface area contributed by atoms with Gasteiger partial charge in [-0.3, -0.25) is 0 Å². The van der Waals surface area contributed by atoms with Gasteiger partial charge in [0.05, 0.1) is 17.9 Å². The number of nitriles is 1. The molecule has 166 valence electrons. The molecule has 0 bridgehead atoms. The Morgan fingerprint density at radius 2 is 2.00 bits per heavy atom. The number of rotatable bonds is 8. The van der Waals surface area contributed by atoms with Crippen molar-refractivity contribution in [2.75, 3.05) is 11.9 Å². The highest BCUT2D eigenvalue weighted by Gasteiger charge is 2.20. The Kier molecular flexibility index (Phi) is 7.84. The zero-order valence-electron chi connectivity index (χ0n) is 19.0. The van der Waals surface area contributed by atoms with Gasteiger partial charge < -0.3 is 10.1 Å². The molecule has 1 N–H and O–H groups in total. The van der Waals surface area contributed by atoms with Gasteiger partial charge in [-0.25, -0.2) is 9.78 Å². The lowest BCUT2D eigenvalue weighted by atomic mass is 10.0. The van der Waals surface area contributed by atoms with E-state index in [2.05, 4.69) is 54.5 Å². The summed E-state index contributed by atoms with van der Waals surface area (Å²) in [4.78, 5) is 18.1. The molecular formula is C25H27N3O2S2. The normalized spacial score (nSPS) is 11.5. The van der Waals surface area contributed by atoms with E-state index in [4.69, 9.17) is 4.74 Å². The first-order valence-corrected chi connectivity index (χ1v) is 12.2. The number of nitrogens with zero attached hydrogens (tertiary/aromatic N) is 2. The third-order valence-corrected chi connectivity index (χ3v) is 6.98. The van der Waals surface area contributed by atoms with Gasteiger partial charge in [-0.05, 0) is 44.2 Å². The number of hydrogen-bond donors (Lipinski definition) is 1. The third kappa shape index (κ3) is 5.45. The van der Waals surface area contributed by atoms with E-state index in [-0.39, 0.29) is 5.97 Å². The number of nitrogens with one attached hydrogen (secondary N) is 1. The molecule has 0 saturated carbocycles. The van der Waals surface area contributed by atoms with Crippen LogP contribution < -0.4 is 5.32 Å². The molecule has 3 rings (SSSR count). The number of aromatic nitrogens is 1. The van der Waals surface area contributed by atoms with Gasteiger partial charge in [0.15, 0.2) is 0 Å². The summed E-state index contributed by atoms with van der Waals surface area (Å²) in [5.74, 6) is 0.254. The molecule has 0 aliphatic heterocycles. The van der Waals surface area contributed by atoms with Gasteiger partial charge in [-0.15, -0.1) is 22.7 Å². The van der Waals surface area contributed by atoms with Gasteiger partial charge in [-0.2, -0.15) is 5.26 Å². The highest BCUT2D eigenvalue weighted by atomic mass is 32.1. The maximum atomic E-state index is 12.4. The smallest absolute Gasteiger partial charge is 0.341 e. The van der Waals surface area contributed by atoms with Crippen molar-refractivity contribution in [3.05, 3.63) is 62.4 Å². The molecule has 32 heavy (non-hydrogen) atoms. The Hall–Kier alpha value is -2.95. The Balaban J connectivity index is 1.82. The molecule has 0 atom stereocenters. The fourth-order valence-corrected chi connectivity index (χ4v) is 5.08. The second kappa shape index (κ2) is 10.6. The highest BCUT2D eigenvalue weighted by Crippen LogP contribution is 2.34. The lowest BCUT2D eigenvalue weighted by Gasteiger charge is -2.05. The molecule has 0 aliphatic rings. The quantitative estimate of drug-likeness (QED) is 0.291. The largest absolute Gasteiger partial charge is 0.462 e. The summed E-state index contributed by atoms with van der Waals surface area (Å²) >= 11 is 2.89. The van der Waals surface area contributed by atoms with Crippen molar-refractivity contribution >= 4 is 39.2 Å². The molecule has 0 unspecified atom stereocenters. The summed E-state index contributed by atoms with van der Waals surface area (Å²) in [6, 6.07) is 10.6. The molecule has 1 aromatic carbocycles. The monoisotopic (exact) mass is 465 g/mol. The number of thiazole rings is 1. The maximum absolute atomic E-state index is 12.4. The number of benzene rings is 1. The maximum Gasteiger partial charge on any atom is 0.341 e. The van der Waals surface area contributed by atoms with Gasteiger partial charge >= 0.3 is 5.97 Å². The number of carbonyl (C=O) groups excluding carboxylic acids is 1. The van der Waals surface area contributed by atoms with Gasteiger partial charge in [0.25, 0.3) is 0 Å². The first-order valence-electron chi connectivity index (χ1n) is 10.5. The predicted octanol–water partition coefficient (Wildman–Crippen LogP) is 6.84. The lowest BCUT2D eigenvalue weighted by Crippen LogP contribution is -2.07. The summed E-state index contributed by atoms with van der Waals surface area (Å²) in [5.41, 5.74) is 5.00. The van der Waals surface area contributed by atoms with Crippen molar-refractivity contribution in [3.63, 3.8) is 0 Å². The second-order valence-electron chi connectivity index (χ2n) is 7.85. The second-order valence-corrected chi connectivity index (χ2v) is 9.94. The van der Waals surface area contributed by atoms with Crippen LogP contribution in [0.25, 0.3) is 16.8 Å². The fraction of sp³-hybridized carbons (Fsp3) is 0.320. The molecule has 2 aromatic heterocycles. The van der Waals surface area contributed by atoms with Crippen molar-refractivity contribution in [3.8, 4) is 17.3 Å². The van der Waals surface area contributed by atoms with Crippen molar-refractivity contribution in [2.24, 2.45) is 5.92 Å². The summed E-state index contributed by atoms with van der Waals surface area (Å²) in [6.45, 7) is 10.4. The lowest BCUT2D eigenvalue weighted by molar-refractivity contribution is 0.0527. The van der Waals surface area contributed by atoms with Crippen molar-refractivity contribution in [1.29, 1.82) is 5.26 Å². The molecule has 0 aliphatic carbocycles. The van der Waals surface area contributed by atoms with Crippen LogP contribution in [0.4, 0.5) is 5.00 Å². The molecular weight excluding hydrogens is 438 g/mol. The number of allylic oxidation sites excluding steroid dienone is 1. The molecule has 0 fully saturated rings. The Labute approximate surface area is 197 Å². The number of anilines is 1. The van der Waals surface area contributed by atoms with Crippen LogP contribution in [0.3, 0.4) is 0 Å². The molecule has 3 aromatic rings. The van der Waals surface area contributed by atoms with E-state index < -0.39 is 0 Å². The highest BCUT2D eigenvalue weighted by molar-refractivity contribution is 7.16. The van der Waals surface area contributed by atoms with Crippen LogP contribution in [-0.2, 0) is 11.2 Å². The first-order chi connectivity index (χ1) is 15.3. The minimum absolute atomic E-state index is 0.312. The standard InChI is InChI=1S/C25H27N3O2S2/c1-6-30-25(29)22-16(4)17(5)32-24(22)27-13-20(12-26)23-28-21(14-31-23)19-9-7-18(8-10-19)11-15(2)3/h7-10,13-15,27H,6,11H2,1-5H3/b20-13-. The summed E-state index contributed by atoms with van der Waals surface area (Å²) in [7, 11) is 0. The van der Waals surface area contributed by atoms with E-state index in [1.807, 2.05) is 19.2 Å². The third-order valence-electron chi connectivity index (χ3n) is 4.96. The van der Waals surface area contributed by atoms with Gasteiger partial charge in [0.1, 0.15) is 21.7 Å². The van der Waals surface area contributed by atoms with E-state index in [1.54, 1.807) is 13.1 Å². The fourth-order valence-electron chi connectivity index (χ4n) is 3.27. The Morgan fingerprint density at radius 1 is 1.28 bits per heavy atom. The summed E-state index contributed by atoms with van der Waals surface area (Å²) < 4.78 is 5.19. The molecule has 5 nitrogen and oxygen atoms in total. The number of aryl methyl sites for hydroxylation is 1. The van der Waals surface area contributed by atoms with Crippen LogP contribution in [0.1, 0.15) is 52.1 Å². The van der Waals surface area contributed by atoms with Gasteiger partial charge in [-0.1, -0.05) is 38.1 Å². The molecule has 0 spiro atoms. The molecule has 0 radical (unpaired) electrons. The minimum Gasteiger partial charge on any atom is -0.462 e. The predicted molar refractivity (Wildman–Crippen MR) is 133 cm³/mol. The van der Waals surface area contributed by atoms with Gasteiger partial charge in [0.2, 0.25) is 0 Å². The average molecular weight is 466 g/mol. The van der Waals surface area contributed by atoms with Crippen LogP contribution in [0.2, 0.25) is 0 Å². The molecule has 0 amide bonds. The number of thiophene rings is 1. The number of ether oxygens (including phenoxy) is 1. The Morgan fingerprint density at radius 3 is 2.62 bits per heavy atom. The van der Waals surface area contributed by atoms with E-state index in [0.29, 0.717) is 33.7 Å². The van der Waals surface area contributed by atoms with Crippen molar-refractivity contribution in [2.45, 2.75) is 41.0 Å². The first kappa shape index (κ1) is 23.7. The van der Waals surface area contributed by atoms with Gasteiger partial charge in [0, 0.05) is 22.0 Å². The minimum atomic E-state index is -0.360. The van der Waals surface area contributed by atoms with E-state index >= 15 is 0 Å².